The number of amides is 2. The third-order valence-electron chi connectivity index (χ3n) is 5.79. The monoisotopic (exact) mass is 391 g/mol. The first kappa shape index (κ1) is 17.4. The molecule has 0 radical (unpaired) electrons. The molecule has 28 heavy (non-hydrogen) atoms. The number of thiazole rings is 1. The minimum absolute atomic E-state index is 0.0379. The molecule has 0 unspecified atom stereocenters. The predicted molar refractivity (Wildman–Crippen MR) is 109 cm³/mol. The number of nitrogens with zero attached hydrogens (tertiary/aromatic N) is 3. The lowest BCUT2D eigenvalue weighted by Crippen LogP contribution is -2.51. The van der Waals surface area contributed by atoms with Gasteiger partial charge in [0.25, 0.3) is 5.91 Å². The number of piperazine rings is 1. The van der Waals surface area contributed by atoms with Gasteiger partial charge >= 0.3 is 0 Å². The van der Waals surface area contributed by atoms with Gasteiger partial charge in [-0.2, -0.15) is 0 Å². The van der Waals surface area contributed by atoms with Crippen molar-refractivity contribution < 1.29 is 9.59 Å². The Bertz CT molecular complexity index is 1020. The Hall–Kier alpha value is -2.73. The van der Waals surface area contributed by atoms with E-state index in [2.05, 4.69) is 17.1 Å². The molecule has 5 rings (SSSR count). The van der Waals surface area contributed by atoms with Crippen LogP contribution in [-0.2, 0) is 4.79 Å². The molecule has 2 aliphatic rings. The van der Waals surface area contributed by atoms with E-state index < -0.39 is 0 Å². The molecule has 1 aliphatic heterocycles. The molecular weight excluding hydrogens is 370 g/mol. The highest BCUT2D eigenvalue weighted by molar-refractivity contribution is 7.16. The fourth-order valence-corrected chi connectivity index (χ4v) is 4.79. The van der Waals surface area contributed by atoms with Crippen molar-refractivity contribution in [2.45, 2.75) is 12.3 Å². The van der Waals surface area contributed by atoms with Crippen LogP contribution < -0.4 is 0 Å². The maximum atomic E-state index is 12.8. The van der Waals surface area contributed by atoms with E-state index in [0.29, 0.717) is 37.7 Å². The van der Waals surface area contributed by atoms with Crippen molar-refractivity contribution in [3.05, 3.63) is 65.2 Å². The third kappa shape index (κ3) is 3.18. The zero-order valence-electron chi connectivity index (χ0n) is 15.5. The number of rotatable bonds is 3. The molecule has 2 heterocycles. The maximum absolute atomic E-state index is 12.8. The van der Waals surface area contributed by atoms with Gasteiger partial charge in [-0.05, 0) is 36.1 Å². The molecule has 0 N–H and O–H groups in total. The fourth-order valence-electron chi connectivity index (χ4n) is 4.07. The van der Waals surface area contributed by atoms with Crippen molar-refractivity contribution in [2.75, 3.05) is 26.2 Å². The summed E-state index contributed by atoms with van der Waals surface area (Å²) in [7, 11) is 0. The van der Waals surface area contributed by atoms with Gasteiger partial charge in [0.15, 0.2) is 0 Å². The van der Waals surface area contributed by atoms with Gasteiger partial charge < -0.3 is 9.80 Å². The summed E-state index contributed by atoms with van der Waals surface area (Å²) in [5, 5.41) is 0. The van der Waals surface area contributed by atoms with E-state index >= 15 is 0 Å². The highest BCUT2D eigenvalue weighted by Crippen LogP contribution is 2.48. The van der Waals surface area contributed by atoms with Crippen LogP contribution in [0.3, 0.4) is 0 Å². The first-order chi connectivity index (χ1) is 13.7. The molecule has 2 fully saturated rings. The number of aromatic nitrogens is 1. The molecule has 1 aliphatic carbocycles. The molecule has 1 saturated carbocycles. The summed E-state index contributed by atoms with van der Waals surface area (Å²) in [6.07, 6.45) is 0.941. The predicted octanol–water partition coefficient (Wildman–Crippen LogP) is 3.38. The molecule has 2 amide bonds. The zero-order valence-corrected chi connectivity index (χ0v) is 16.3. The van der Waals surface area contributed by atoms with Gasteiger partial charge in [0.2, 0.25) is 5.91 Å². The topological polar surface area (TPSA) is 53.5 Å². The SMILES string of the molecule is O=C(c1ccc2ncsc2c1)N1CCN(C(=O)[C@@H]2C[C@H]2c2ccccc2)CC1. The summed E-state index contributed by atoms with van der Waals surface area (Å²) in [5.41, 5.74) is 4.68. The normalized spacial score (nSPS) is 21.7. The van der Waals surface area contributed by atoms with Crippen LogP contribution in [0.2, 0.25) is 0 Å². The van der Waals surface area contributed by atoms with Crippen LogP contribution >= 0.6 is 11.3 Å². The van der Waals surface area contributed by atoms with E-state index in [-0.39, 0.29) is 17.7 Å². The Balaban J connectivity index is 1.19. The summed E-state index contributed by atoms with van der Waals surface area (Å²) in [6, 6.07) is 15.9. The molecule has 5 nitrogen and oxygen atoms in total. The molecule has 0 bridgehead atoms. The van der Waals surface area contributed by atoms with Gasteiger partial charge in [-0.25, -0.2) is 4.98 Å². The van der Waals surface area contributed by atoms with Crippen molar-refractivity contribution in [1.29, 1.82) is 0 Å². The van der Waals surface area contributed by atoms with Gasteiger partial charge in [0, 0.05) is 37.7 Å². The Morgan fingerprint density at radius 1 is 0.964 bits per heavy atom. The lowest BCUT2D eigenvalue weighted by atomic mass is 10.1. The number of hydrogen-bond donors (Lipinski definition) is 0. The number of hydrogen-bond acceptors (Lipinski definition) is 4. The fraction of sp³-hybridized carbons (Fsp3) is 0.318. The third-order valence-corrected chi connectivity index (χ3v) is 6.58. The Kier molecular flexibility index (Phi) is 4.36. The minimum Gasteiger partial charge on any atom is -0.339 e. The molecule has 1 aromatic heterocycles. The number of carbonyl (C=O) groups excluding carboxylic acids is 2. The van der Waals surface area contributed by atoms with E-state index in [1.807, 2.05) is 46.2 Å². The second kappa shape index (κ2) is 7.02. The summed E-state index contributed by atoms with van der Waals surface area (Å²) >= 11 is 1.54. The average molecular weight is 391 g/mol. The van der Waals surface area contributed by atoms with Crippen molar-refractivity contribution in [2.24, 2.45) is 5.92 Å². The van der Waals surface area contributed by atoms with Gasteiger partial charge in [0.05, 0.1) is 15.7 Å². The lowest BCUT2D eigenvalue weighted by Gasteiger charge is -2.35. The summed E-state index contributed by atoms with van der Waals surface area (Å²) in [6.45, 7) is 2.42. The summed E-state index contributed by atoms with van der Waals surface area (Å²) < 4.78 is 1.03. The van der Waals surface area contributed by atoms with E-state index in [1.165, 1.54) is 5.56 Å². The van der Waals surface area contributed by atoms with Crippen LogP contribution in [0.15, 0.2) is 54.0 Å². The quantitative estimate of drug-likeness (QED) is 0.688. The second-order valence-corrected chi connectivity index (χ2v) is 8.40. The Labute approximate surface area is 167 Å². The molecule has 3 aromatic rings. The van der Waals surface area contributed by atoms with Gasteiger partial charge in [-0.1, -0.05) is 30.3 Å². The highest BCUT2D eigenvalue weighted by atomic mass is 32.1. The Morgan fingerprint density at radius 3 is 2.50 bits per heavy atom. The molecule has 142 valence electrons. The van der Waals surface area contributed by atoms with Crippen molar-refractivity contribution in [1.82, 2.24) is 14.8 Å². The van der Waals surface area contributed by atoms with Crippen molar-refractivity contribution >= 4 is 33.4 Å². The number of carbonyl (C=O) groups is 2. The molecule has 2 aromatic carbocycles. The molecule has 6 heteroatoms. The molecular formula is C22H21N3O2S. The second-order valence-electron chi connectivity index (χ2n) is 7.51. The van der Waals surface area contributed by atoms with Crippen LogP contribution in [0.25, 0.3) is 10.2 Å². The largest absolute Gasteiger partial charge is 0.339 e. The average Bonchev–Trinajstić information content (AvgIpc) is 3.42. The highest BCUT2D eigenvalue weighted by Gasteiger charge is 2.46. The number of fused-ring (bicyclic) bond motifs is 1. The van der Waals surface area contributed by atoms with Crippen LogP contribution in [0, 0.1) is 5.92 Å². The van der Waals surface area contributed by atoms with Crippen molar-refractivity contribution in [3.63, 3.8) is 0 Å². The van der Waals surface area contributed by atoms with Crippen molar-refractivity contribution in [3.8, 4) is 0 Å². The first-order valence-electron chi connectivity index (χ1n) is 9.67. The standard InChI is InChI=1S/C22H21N3O2S/c26-21(16-6-7-19-20(12-16)28-14-23-19)24-8-10-25(11-9-24)22(27)18-13-17(18)15-4-2-1-3-5-15/h1-7,12,14,17-18H,8-11,13H2/t17-,18+/m0/s1. The van der Waals surface area contributed by atoms with Crippen LogP contribution in [-0.4, -0.2) is 52.8 Å². The van der Waals surface area contributed by atoms with Crippen LogP contribution in [0.4, 0.5) is 0 Å². The van der Waals surface area contributed by atoms with E-state index in [9.17, 15) is 9.59 Å². The summed E-state index contributed by atoms with van der Waals surface area (Å²) in [5.74, 6) is 0.751. The smallest absolute Gasteiger partial charge is 0.254 e. The first-order valence-corrected chi connectivity index (χ1v) is 10.5. The molecule has 1 saturated heterocycles. The Morgan fingerprint density at radius 2 is 1.71 bits per heavy atom. The lowest BCUT2D eigenvalue weighted by molar-refractivity contribution is -0.134. The zero-order chi connectivity index (χ0) is 19.1. The van der Waals surface area contributed by atoms with Gasteiger partial charge in [-0.3, -0.25) is 9.59 Å². The molecule has 2 atom stereocenters. The van der Waals surface area contributed by atoms with Gasteiger partial charge in [-0.15, -0.1) is 11.3 Å². The van der Waals surface area contributed by atoms with Crippen LogP contribution in [0.5, 0.6) is 0 Å². The maximum Gasteiger partial charge on any atom is 0.254 e. The van der Waals surface area contributed by atoms with E-state index in [4.69, 9.17) is 0 Å². The van der Waals surface area contributed by atoms with E-state index in [0.717, 1.165) is 16.6 Å². The molecule has 0 spiro atoms. The van der Waals surface area contributed by atoms with Crippen LogP contribution in [0.1, 0.15) is 28.3 Å². The van der Waals surface area contributed by atoms with Gasteiger partial charge in [0.1, 0.15) is 0 Å². The minimum atomic E-state index is 0.0379. The van der Waals surface area contributed by atoms with E-state index in [1.54, 1.807) is 16.8 Å². The number of benzene rings is 2. The summed E-state index contributed by atoms with van der Waals surface area (Å²) in [4.78, 5) is 33.7.